The van der Waals surface area contributed by atoms with E-state index in [9.17, 15) is 28.2 Å². The molecular formula is C27H31F4N7O3. The quantitative estimate of drug-likeness (QED) is 0.268. The summed E-state index contributed by atoms with van der Waals surface area (Å²) in [5.41, 5.74) is 4.31. The number of likely N-dealkylation sites (tertiary alicyclic amines) is 1. The van der Waals surface area contributed by atoms with Crippen LogP contribution in [-0.4, -0.2) is 73.9 Å². The van der Waals surface area contributed by atoms with Gasteiger partial charge in [0.1, 0.15) is 18.0 Å². The first-order chi connectivity index (χ1) is 19.4. The van der Waals surface area contributed by atoms with Gasteiger partial charge in [0.15, 0.2) is 11.6 Å². The minimum atomic E-state index is -4.46. The van der Waals surface area contributed by atoms with E-state index in [0.717, 1.165) is 18.5 Å². The maximum atomic E-state index is 15.5. The number of halogens is 4. The van der Waals surface area contributed by atoms with Crippen LogP contribution in [0.15, 0.2) is 55.1 Å². The number of nitrogens with one attached hydrogen (secondary N) is 1. The zero-order valence-electron chi connectivity index (χ0n) is 22.2. The first-order valence-electron chi connectivity index (χ1n) is 12.9. The van der Waals surface area contributed by atoms with Crippen LogP contribution >= 0.6 is 0 Å². The fourth-order valence-corrected chi connectivity index (χ4v) is 4.83. The summed E-state index contributed by atoms with van der Waals surface area (Å²) >= 11 is 0. The van der Waals surface area contributed by atoms with Crippen molar-refractivity contribution in [1.82, 2.24) is 19.9 Å². The third kappa shape index (κ3) is 6.89. The molecule has 10 nitrogen and oxygen atoms in total. The number of hydrogen-bond donors (Lipinski definition) is 4. The number of piperidine rings is 1. The van der Waals surface area contributed by atoms with E-state index in [4.69, 9.17) is 5.73 Å². The van der Waals surface area contributed by atoms with Gasteiger partial charge >= 0.3 is 6.18 Å². The standard InChI is InChI=1S/C27H31F4N7O3/c1-2-37(13-17-3-5-19(6-4-17)27(29,30)31)25-21(28)24(35-16-36-25)34-15-26(41)9-12-38(14-20(26)39)22(23(32)40)18-7-10-33-11-8-18/h3-8,10-11,16,20,22,39,41H,2,9,12-15H2,1H3,(H2,32,40)(H,34,35,36)/t20-,22+,26-/m0/s1. The molecule has 0 saturated carbocycles. The van der Waals surface area contributed by atoms with Gasteiger partial charge in [0.2, 0.25) is 11.7 Å². The Kier molecular flexibility index (Phi) is 9.05. The summed E-state index contributed by atoms with van der Waals surface area (Å²) in [7, 11) is 0. The largest absolute Gasteiger partial charge is 0.416 e. The van der Waals surface area contributed by atoms with Crippen molar-refractivity contribution in [2.24, 2.45) is 5.73 Å². The number of rotatable bonds is 10. The van der Waals surface area contributed by atoms with Gasteiger partial charge < -0.3 is 26.2 Å². The Morgan fingerprint density at radius 1 is 1.22 bits per heavy atom. The fraction of sp³-hybridized carbons (Fsp3) is 0.407. The molecule has 1 saturated heterocycles. The summed E-state index contributed by atoms with van der Waals surface area (Å²) in [6, 6.07) is 7.05. The number of aliphatic hydroxyl groups is 2. The molecule has 4 rings (SSSR count). The number of carbonyl (C=O) groups is 1. The molecule has 0 spiro atoms. The van der Waals surface area contributed by atoms with E-state index in [1.807, 2.05) is 0 Å². The van der Waals surface area contributed by atoms with E-state index in [0.29, 0.717) is 17.7 Å². The minimum absolute atomic E-state index is 0.0462. The fourth-order valence-electron chi connectivity index (χ4n) is 4.83. The Morgan fingerprint density at radius 2 is 1.90 bits per heavy atom. The Balaban J connectivity index is 1.43. The summed E-state index contributed by atoms with van der Waals surface area (Å²) in [5.74, 6) is -1.72. The number of carbonyl (C=O) groups excluding carboxylic acids is 1. The number of amides is 1. The van der Waals surface area contributed by atoms with Gasteiger partial charge in [-0.2, -0.15) is 17.6 Å². The molecule has 41 heavy (non-hydrogen) atoms. The number of benzene rings is 1. The van der Waals surface area contributed by atoms with Crippen LogP contribution in [0.25, 0.3) is 0 Å². The summed E-state index contributed by atoms with van der Waals surface area (Å²) in [4.78, 5) is 27.3. The zero-order chi connectivity index (χ0) is 29.8. The smallest absolute Gasteiger partial charge is 0.389 e. The first-order valence-corrected chi connectivity index (χ1v) is 12.9. The van der Waals surface area contributed by atoms with Crippen LogP contribution in [0, 0.1) is 5.82 Å². The van der Waals surface area contributed by atoms with E-state index in [1.165, 1.54) is 29.4 Å². The van der Waals surface area contributed by atoms with Crippen LogP contribution in [0.5, 0.6) is 0 Å². The number of aliphatic hydroxyl groups excluding tert-OH is 1. The first kappa shape index (κ1) is 30.1. The summed E-state index contributed by atoms with van der Waals surface area (Å²) in [5, 5.41) is 24.8. The predicted octanol–water partition coefficient (Wildman–Crippen LogP) is 2.49. The molecule has 220 valence electrons. The molecule has 0 unspecified atom stereocenters. The van der Waals surface area contributed by atoms with Crippen LogP contribution in [0.1, 0.15) is 36.1 Å². The van der Waals surface area contributed by atoms with Gasteiger partial charge in [0.05, 0.1) is 11.7 Å². The lowest BCUT2D eigenvalue weighted by Gasteiger charge is -2.44. The molecule has 0 bridgehead atoms. The molecule has 3 aromatic rings. The van der Waals surface area contributed by atoms with Crippen molar-refractivity contribution in [2.75, 3.05) is 36.4 Å². The van der Waals surface area contributed by atoms with E-state index < -0.39 is 41.2 Å². The van der Waals surface area contributed by atoms with E-state index in [-0.39, 0.29) is 44.2 Å². The number of aromatic nitrogens is 3. The highest BCUT2D eigenvalue weighted by Crippen LogP contribution is 2.32. The Hall–Kier alpha value is -3.88. The van der Waals surface area contributed by atoms with Crippen LogP contribution in [-0.2, 0) is 17.5 Å². The summed E-state index contributed by atoms with van der Waals surface area (Å²) < 4.78 is 54.1. The van der Waals surface area contributed by atoms with Gasteiger partial charge in [0, 0.05) is 45.1 Å². The van der Waals surface area contributed by atoms with Crippen molar-refractivity contribution >= 4 is 17.5 Å². The van der Waals surface area contributed by atoms with Gasteiger partial charge in [-0.3, -0.25) is 14.7 Å². The molecule has 1 aliphatic rings. The highest BCUT2D eigenvalue weighted by atomic mass is 19.4. The van der Waals surface area contributed by atoms with Crippen LogP contribution in [0.4, 0.5) is 29.2 Å². The molecule has 5 N–H and O–H groups in total. The Morgan fingerprint density at radius 3 is 2.49 bits per heavy atom. The van der Waals surface area contributed by atoms with Crippen LogP contribution in [0.3, 0.4) is 0 Å². The van der Waals surface area contributed by atoms with Gasteiger partial charge in [-0.1, -0.05) is 12.1 Å². The van der Waals surface area contributed by atoms with Crippen molar-refractivity contribution < 1.29 is 32.6 Å². The molecule has 14 heteroatoms. The van der Waals surface area contributed by atoms with Gasteiger partial charge in [-0.15, -0.1) is 0 Å². The maximum absolute atomic E-state index is 15.5. The van der Waals surface area contributed by atoms with Gasteiger partial charge in [0.25, 0.3) is 0 Å². The number of nitrogens with two attached hydrogens (primary N) is 1. The third-order valence-electron chi connectivity index (χ3n) is 7.19. The molecule has 3 atom stereocenters. The second-order valence-corrected chi connectivity index (χ2v) is 9.87. The lowest BCUT2D eigenvalue weighted by atomic mass is 9.87. The SMILES string of the molecule is CCN(Cc1ccc(C(F)(F)F)cc1)c1ncnc(NC[C@@]2(O)CCN([C@@H](C(N)=O)c3ccncc3)C[C@@H]2O)c1F. The number of β-amino-alcohol motifs (C(OH)–C–C–N with tert-alkyl or cyclic N) is 1. The summed E-state index contributed by atoms with van der Waals surface area (Å²) in [6.07, 6.45) is -1.53. The topological polar surface area (TPSA) is 141 Å². The molecule has 2 aromatic heterocycles. The average molecular weight is 578 g/mol. The predicted molar refractivity (Wildman–Crippen MR) is 142 cm³/mol. The zero-order valence-corrected chi connectivity index (χ0v) is 22.2. The second-order valence-electron chi connectivity index (χ2n) is 9.87. The average Bonchev–Trinajstić information content (AvgIpc) is 2.94. The van der Waals surface area contributed by atoms with Crippen molar-refractivity contribution in [1.29, 1.82) is 0 Å². The number of pyridine rings is 1. The molecule has 1 aliphatic heterocycles. The van der Waals surface area contributed by atoms with Crippen LogP contribution < -0.4 is 16.0 Å². The minimum Gasteiger partial charge on any atom is -0.389 e. The molecule has 1 fully saturated rings. The molecule has 1 amide bonds. The number of primary amides is 1. The van der Waals surface area contributed by atoms with Crippen molar-refractivity contribution in [3.05, 3.63) is 77.6 Å². The monoisotopic (exact) mass is 577 g/mol. The highest BCUT2D eigenvalue weighted by Gasteiger charge is 2.43. The second kappa shape index (κ2) is 12.3. The number of anilines is 2. The summed E-state index contributed by atoms with van der Waals surface area (Å²) in [6.45, 7) is 2.04. The van der Waals surface area contributed by atoms with Gasteiger partial charge in [-0.05, 0) is 48.7 Å². The number of hydrogen-bond acceptors (Lipinski definition) is 9. The van der Waals surface area contributed by atoms with Crippen LogP contribution in [0.2, 0.25) is 0 Å². The third-order valence-corrected chi connectivity index (χ3v) is 7.19. The normalized spacial score (nSPS) is 20.4. The molecule has 1 aromatic carbocycles. The maximum Gasteiger partial charge on any atom is 0.416 e. The lowest BCUT2D eigenvalue weighted by Crippen LogP contribution is -2.60. The van der Waals surface area contributed by atoms with Crippen molar-refractivity contribution in [3.8, 4) is 0 Å². The highest BCUT2D eigenvalue weighted by molar-refractivity contribution is 5.81. The molecule has 0 aliphatic carbocycles. The van der Waals surface area contributed by atoms with Crippen molar-refractivity contribution in [2.45, 2.75) is 43.8 Å². The number of alkyl halides is 3. The Bertz CT molecular complexity index is 1330. The van der Waals surface area contributed by atoms with E-state index >= 15 is 4.39 Å². The van der Waals surface area contributed by atoms with Crippen molar-refractivity contribution in [3.63, 3.8) is 0 Å². The van der Waals surface area contributed by atoms with E-state index in [1.54, 1.807) is 24.0 Å². The molecule has 0 radical (unpaired) electrons. The lowest BCUT2D eigenvalue weighted by molar-refractivity contribution is -0.137. The Labute approximate surface area is 233 Å². The number of nitrogens with zero attached hydrogens (tertiary/aromatic N) is 5. The molecule has 3 heterocycles. The van der Waals surface area contributed by atoms with Gasteiger partial charge in [-0.25, -0.2) is 9.97 Å². The van der Waals surface area contributed by atoms with E-state index in [2.05, 4.69) is 20.3 Å². The molecular weight excluding hydrogens is 546 g/mol.